The van der Waals surface area contributed by atoms with Crippen LogP contribution in [0.3, 0.4) is 0 Å². The van der Waals surface area contributed by atoms with Crippen LogP contribution in [-0.4, -0.2) is 26.1 Å². The van der Waals surface area contributed by atoms with E-state index in [0.29, 0.717) is 23.9 Å². The number of rotatable bonds is 7. The third-order valence-electron chi connectivity index (χ3n) is 2.86. The maximum absolute atomic E-state index is 11.7. The number of methoxy groups -OCH3 is 1. The first-order chi connectivity index (χ1) is 8.67. The van der Waals surface area contributed by atoms with E-state index in [0.717, 1.165) is 13.0 Å². The van der Waals surface area contributed by atoms with Gasteiger partial charge in [-0.3, -0.25) is 4.79 Å². The number of carbonyl (C=O) groups is 1. The SMILES string of the molecule is CCC(C)CNCC(=O)Nc1ccccc1OC. The van der Waals surface area contributed by atoms with Crippen LogP contribution in [-0.2, 0) is 4.79 Å². The van der Waals surface area contributed by atoms with Gasteiger partial charge in [0.25, 0.3) is 0 Å². The molecule has 0 spiro atoms. The van der Waals surface area contributed by atoms with Crippen LogP contribution in [0.1, 0.15) is 20.3 Å². The second-order valence-electron chi connectivity index (χ2n) is 4.39. The lowest BCUT2D eigenvalue weighted by molar-refractivity contribution is -0.115. The fraction of sp³-hybridized carbons (Fsp3) is 0.500. The summed E-state index contributed by atoms with van der Waals surface area (Å²) in [7, 11) is 1.59. The summed E-state index contributed by atoms with van der Waals surface area (Å²) in [6, 6.07) is 7.38. The zero-order chi connectivity index (χ0) is 13.4. The highest BCUT2D eigenvalue weighted by atomic mass is 16.5. The predicted octanol–water partition coefficient (Wildman–Crippen LogP) is 2.27. The Bertz CT molecular complexity index is 380. The van der Waals surface area contributed by atoms with Gasteiger partial charge in [0.2, 0.25) is 5.91 Å². The summed E-state index contributed by atoms with van der Waals surface area (Å²) < 4.78 is 5.17. The van der Waals surface area contributed by atoms with Crippen LogP contribution >= 0.6 is 0 Å². The quantitative estimate of drug-likeness (QED) is 0.780. The van der Waals surface area contributed by atoms with Crippen molar-refractivity contribution >= 4 is 11.6 Å². The summed E-state index contributed by atoms with van der Waals surface area (Å²) >= 11 is 0. The zero-order valence-corrected chi connectivity index (χ0v) is 11.3. The highest BCUT2D eigenvalue weighted by Gasteiger charge is 2.06. The zero-order valence-electron chi connectivity index (χ0n) is 11.3. The van der Waals surface area contributed by atoms with Gasteiger partial charge in [0.15, 0.2) is 0 Å². The van der Waals surface area contributed by atoms with E-state index in [4.69, 9.17) is 4.74 Å². The van der Waals surface area contributed by atoms with Gasteiger partial charge >= 0.3 is 0 Å². The monoisotopic (exact) mass is 250 g/mol. The first-order valence-electron chi connectivity index (χ1n) is 6.31. The minimum absolute atomic E-state index is 0.0530. The topological polar surface area (TPSA) is 50.4 Å². The van der Waals surface area contributed by atoms with E-state index in [9.17, 15) is 4.79 Å². The molecular formula is C14H22N2O2. The first kappa shape index (κ1) is 14.5. The summed E-state index contributed by atoms with van der Waals surface area (Å²) in [5, 5.41) is 5.97. The highest BCUT2D eigenvalue weighted by Crippen LogP contribution is 2.22. The standard InChI is InChI=1S/C14H22N2O2/c1-4-11(2)9-15-10-14(17)16-12-7-5-6-8-13(12)18-3/h5-8,11,15H,4,9-10H2,1-3H3,(H,16,17). The van der Waals surface area contributed by atoms with Crippen LogP contribution in [0.5, 0.6) is 5.75 Å². The van der Waals surface area contributed by atoms with Crippen molar-refractivity contribution in [2.45, 2.75) is 20.3 Å². The molecule has 1 atom stereocenters. The molecule has 0 radical (unpaired) electrons. The van der Waals surface area contributed by atoms with E-state index in [2.05, 4.69) is 24.5 Å². The Morgan fingerprint density at radius 1 is 1.39 bits per heavy atom. The van der Waals surface area contributed by atoms with E-state index in [-0.39, 0.29) is 5.91 Å². The minimum Gasteiger partial charge on any atom is -0.495 e. The molecule has 4 nitrogen and oxygen atoms in total. The summed E-state index contributed by atoms with van der Waals surface area (Å²) in [5.74, 6) is 1.21. The van der Waals surface area contributed by atoms with Crippen molar-refractivity contribution in [3.8, 4) is 5.75 Å². The van der Waals surface area contributed by atoms with Crippen molar-refractivity contribution in [3.63, 3.8) is 0 Å². The molecule has 0 bridgehead atoms. The molecule has 2 N–H and O–H groups in total. The van der Waals surface area contributed by atoms with Gasteiger partial charge in [-0.15, -0.1) is 0 Å². The average Bonchev–Trinajstić information content (AvgIpc) is 2.39. The molecule has 18 heavy (non-hydrogen) atoms. The largest absolute Gasteiger partial charge is 0.495 e. The molecule has 0 aliphatic rings. The van der Waals surface area contributed by atoms with Crippen LogP contribution in [0.25, 0.3) is 0 Å². The average molecular weight is 250 g/mol. The number of anilines is 1. The number of ether oxygens (including phenoxy) is 1. The van der Waals surface area contributed by atoms with E-state index in [1.807, 2.05) is 24.3 Å². The lowest BCUT2D eigenvalue weighted by Crippen LogP contribution is -2.31. The number of carbonyl (C=O) groups excluding carboxylic acids is 1. The fourth-order valence-electron chi connectivity index (χ4n) is 1.52. The number of para-hydroxylation sites is 2. The fourth-order valence-corrected chi connectivity index (χ4v) is 1.52. The van der Waals surface area contributed by atoms with Gasteiger partial charge in [0, 0.05) is 0 Å². The number of benzene rings is 1. The summed E-state index contributed by atoms with van der Waals surface area (Å²) in [5.41, 5.74) is 0.704. The van der Waals surface area contributed by atoms with Crippen molar-refractivity contribution in [1.29, 1.82) is 0 Å². The molecule has 0 saturated carbocycles. The Balaban J connectivity index is 2.40. The van der Waals surface area contributed by atoms with Gasteiger partial charge in [0.05, 0.1) is 19.3 Å². The second kappa shape index (κ2) is 7.71. The van der Waals surface area contributed by atoms with Crippen LogP contribution in [0.4, 0.5) is 5.69 Å². The number of nitrogens with one attached hydrogen (secondary N) is 2. The molecule has 1 aromatic rings. The van der Waals surface area contributed by atoms with Crippen molar-refractivity contribution in [2.75, 3.05) is 25.5 Å². The van der Waals surface area contributed by atoms with Gasteiger partial charge in [-0.1, -0.05) is 32.4 Å². The van der Waals surface area contributed by atoms with Crippen LogP contribution < -0.4 is 15.4 Å². The Hall–Kier alpha value is -1.55. The van der Waals surface area contributed by atoms with Gasteiger partial charge in [0.1, 0.15) is 5.75 Å². The predicted molar refractivity (Wildman–Crippen MR) is 73.9 cm³/mol. The molecule has 1 unspecified atom stereocenters. The maximum Gasteiger partial charge on any atom is 0.238 e. The number of hydrogen-bond acceptors (Lipinski definition) is 3. The third-order valence-corrected chi connectivity index (χ3v) is 2.86. The van der Waals surface area contributed by atoms with E-state index in [1.54, 1.807) is 7.11 Å². The summed E-state index contributed by atoms with van der Waals surface area (Å²) in [6.07, 6.45) is 1.11. The van der Waals surface area contributed by atoms with Crippen molar-refractivity contribution in [1.82, 2.24) is 5.32 Å². The summed E-state index contributed by atoms with van der Waals surface area (Å²) in [6.45, 7) is 5.48. The van der Waals surface area contributed by atoms with Crippen molar-refractivity contribution in [3.05, 3.63) is 24.3 Å². The Morgan fingerprint density at radius 3 is 2.78 bits per heavy atom. The molecule has 1 rings (SSSR count). The molecule has 1 aromatic carbocycles. The maximum atomic E-state index is 11.7. The van der Waals surface area contributed by atoms with Gasteiger partial charge in [-0.2, -0.15) is 0 Å². The molecule has 0 fully saturated rings. The van der Waals surface area contributed by atoms with E-state index < -0.39 is 0 Å². The molecular weight excluding hydrogens is 228 g/mol. The minimum atomic E-state index is -0.0530. The molecule has 0 aliphatic carbocycles. The van der Waals surface area contributed by atoms with Crippen LogP contribution in [0, 0.1) is 5.92 Å². The van der Waals surface area contributed by atoms with E-state index in [1.165, 1.54) is 0 Å². The van der Waals surface area contributed by atoms with Crippen LogP contribution in [0.15, 0.2) is 24.3 Å². The van der Waals surface area contributed by atoms with Gasteiger partial charge < -0.3 is 15.4 Å². The number of amides is 1. The lowest BCUT2D eigenvalue weighted by Gasteiger charge is -2.12. The highest BCUT2D eigenvalue weighted by molar-refractivity contribution is 5.93. The Labute approximate surface area is 109 Å². The van der Waals surface area contributed by atoms with Crippen LogP contribution in [0.2, 0.25) is 0 Å². The van der Waals surface area contributed by atoms with Gasteiger partial charge in [-0.05, 0) is 24.6 Å². The Morgan fingerprint density at radius 2 is 2.11 bits per heavy atom. The molecule has 4 heteroatoms. The van der Waals surface area contributed by atoms with Gasteiger partial charge in [-0.25, -0.2) is 0 Å². The van der Waals surface area contributed by atoms with Crippen molar-refractivity contribution in [2.24, 2.45) is 5.92 Å². The molecule has 1 amide bonds. The van der Waals surface area contributed by atoms with E-state index >= 15 is 0 Å². The normalized spacial score (nSPS) is 11.9. The Kier molecular flexibility index (Phi) is 6.22. The molecule has 100 valence electrons. The summed E-state index contributed by atoms with van der Waals surface area (Å²) in [4.78, 5) is 11.7. The lowest BCUT2D eigenvalue weighted by atomic mass is 10.1. The smallest absolute Gasteiger partial charge is 0.238 e. The molecule has 0 saturated heterocycles. The molecule has 0 aromatic heterocycles. The van der Waals surface area contributed by atoms with Crippen molar-refractivity contribution < 1.29 is 9.53 Å². The number of hydrogen-bond donors (Lipinski definition) is 2. The molecule has 0 aliphatic heterocycles. The second-order valence-corrected chi connectivity index (χ2v) is 4.39. The molecule has 0 heterocycles. The third kappa shape index (κ3) is 4.75. The first-order valence-corrected chi connectivity index (χ1v) is 6.31.